The molecule has 3 aromatic rings. The Balaban J connectivity index is 1.70. The molecule has 24 heavy (non-hydrogen) atoms. The highest BCUT2D eigenvalue weighted by molar-refractivity contribution is 7.99. The Morgan fingerprint density at radius 1 is 1.12 bits per heavy atom. The Kier molecular flexibility index (Phi) is 5.07. The number of rotatable bonds is 4. The van der Waals surface area contributed by atoms with Gasteiger partial charge in [0.05, 0.1) is 16.3 Å². The molecule has 0 saturated heterocycles. The Hall–Kier alpha value is -2.04. The Morgan fingerprint density at radius 3 is 2.62 bits per heavy atom. The molecule has 3 nitrogen and oxygen atoms in total. The minimum absolute atomic E-state index is 0.0633. The third kappa shape index (κ3) is 3.89. The lowest BCUT2D eigenvalue weighted by Crippen LogP contribution is -2.14. The number of nitrogens with one attached hydrogen (secondary N) is 1. The van der Waals surface area contributed by atoms with Gasteiger partial charge in [-0.1, -0.05) is 41.6 Å². The average Bonchev–Trinajstić information content (AvgIpc) is 2.56. The van der Waals surface area contributed by atoms with Crippen LogP contribution in [0, 0.1) is 13.8 Å². The summed E-state index contributed by atoms with van der Waals surface area (Å²) in [6.45, 7) is 4.12. The molecule has 0 radical (unpaired) electrons. The number of aryl methyl sites for hydroxylation is 2. The number of nitrogens with zero attached hydrogens (tertiary/aromatic N) is 1. The summed E-state index contributed by atoms with van der Waals surface area (Å²) in [5.74, 6) is 0.249. The van der Waals surface area contributed by atoms with E-state index in [9.17, 15) is 4.79 Å². The molecule has 122 valence electrons. The van der Waals surface area contributed by atoms with Gasteiger partial charge in [0.2, 0.25) is 5.91 Å². The van der Waals surface area contributed by atoms with E-state index in [1.807, 2.05) is 12.1 Å². The SMILES string of the molecule is Cc1cc(SCC(=O)Nc2ccc(Cl)cc2)nc2c(C)cccc12. The van der Waals surface area contributed by atoms with E-state index in [1.165, 1.54) is 17.3 Å². The summed E-state index contributed by atoms with van der Waals surface area (Å²) >= 11 is 7.28. The largest absolute Gasteiger partial charge is 0.325 e. The fourth-order valence-electron chi connectivity index (χ4n) is 2.47. The molecule has 3 rings (SSSR count). The first-order valence-corrected chi connectivity index (χ1v) is 8.94. The molecule has 2 aromatic carbocycles. The average molecular weight is 357 g/mol. The van der Waals surface area contributed by atoms with Gasteiger partial charge in [-0.25, -0.2) is 4.98 Å². The number of carbonyl (C=O) groups is 1. The van der Waals surface area contributed by atoms with Crippen molar-refractivity contribution < 1.29 is 4.79 Å². The van der Waals surface area contributed by atoms with E-state index < -0.39 is 0 Å². The summed E-state index contributed by atoms with van der Waals surface area (Å²) in [7, 11) is 0. The minimum Gasteiger partial charge on any atom is -0.325 e. The van der Waals surface area contributed by atoms with Crippen molar-refractivity contribution in [2.24, 2.45) is 0 Å². The van der Waals surface area contributed by atoms with Gasteiger partial charge in [0.15, 0.2) is 0 Å². The number of para-hydroxylation sites is 1. The molecule has 5 heteroatoms. The lowest BCUT2D eigenvalue weighted by atomic mass is 10.1. The van der Waals surface area contributed by atoms with E-state index in [-0.39, 0.29) is 5.91 Å². The van der Waals surface area contributed by atoms with E-state index in [0.29, 0.717) is 10.8 Å². The zero-order chi connectivity index (χ0) is 17.1. The van der Waals surface area contributed by atoms with Crippen LogP contribution in [0.1, 0.15) is 11.1 Å². The number of pyridine rings is 1. The Morgan fingerprint density at radius 2 is 1.88 bits per heavy atom. The number of fused-ring (bicyclic) bond motifs is 1. The Bertz CT molecular complexity index is 894. The van der Waals surface area contributed by atoms with Crippen LogP contribution in [0.3, 0.4) is 0 Å². The molecule has 0 unspecified atom stereocenters. The van der Waals surface area contributed by atoms with Gasteiger partial charge < -0.3 is 5.32 Å². The molecule has 0 aliphatic carbocycles. The van der Waals surface area contributed by atoms with E-state index >= 15 is 0 Å². The van der Waals surface area contributed by atoms with Crippen LogP contribution in [0.2, 0.25) is 5.02 Å². The van der Waals surface area contributed by atoms with Crippen molar-refractivity contribution in [3.63, 3.8) is 0 Å². The molecule has 1 amide bonds. The first-order chi connectivity index (χ1) is 11.5. The molecule has 1 aromatic heterocycles. The van der Waals surface area contributed by atoms with Crippen LogP contribution in [0.25, 0.3) is 10.9 Å². The minimum atomic E-state index is -0.0633. The molecule has 0 atom stereocenters. The second-order valence-electron chi connectivity index (χ2n) is 5.59. The zero-order valence-corrected chi connectivity index (χ0v) is 15.0. The maximum atomic E-state index is 12.1. The van der Waals surface area contributed by atoms with E-state index in [4.69, 9.17) is 16.6 Å². The lowest BCUT2D eigenvalue weighted by Gasteiger charge is -2.09. The van der Waals surface area contributed by atoms with Gasteiger partial charge in [-0.05, 0) is 55.3 Å². The standard InChI is InChI=1S/C19H17ClN2OS/c1-12-4-3-5-16-13(2)10-18(22-19(12)16)24-11-17(23)21-15-8-6-14(20)7-9-15/h3-10H,11H2,1-2H3,(H,21,23). The third-order valence-corrected chi connectivity index (χ3v) is 4.87. The quantitative estimate of drug-likeness (QED) is 0.650. The van der Waals surface area contributed by atoms with Crippen molar-refractivity contribution in [1.82, 2.24) is 4.98 Å². The van der Waals surface area contributed by atoms with Gasteiger partial charge >= 0.3 is 0 Å². The number of thioether (sulfide) groups is 1. The van der Waals surface area contributed by atoms with Gasteiger partial charge in [0, 0.05) is 16.1 Å². The van der Waals surface area contributed by atoms with Crippen molar-refractivity contribution in [2.75, 3.05) is 11.1 Å². The van der Waals surface area contributed by atoms with Crippen LogP contribution in [0.4, 0.5) is 5.69 Å². The highest BCUT2D eigenvalue weighted by Gasteiger charge is 2.08. The van der Waals surface area contributed by atoms with Gasteiger partial charge in [0.1, 0.15) is 0 Å². The number of halogens is 1. The zero-order valence-electron chi connectivity index (χ0n) is 13.5. The summed E-state index contributed by atoms with van der Waals surface area (Å²) in [6.07, 6.45) is 0. The van der Waals surface area contributed by atoms with Crippen molar-refractivity contribution in [2.45, 2.75) is 18.9 Å². The summed E-state index contributed by atoms with van der Waals surface area (Å²) in [4.78, 5) is 16.8. The summed E-state index contributed by atoms with van der Waals surface area (Å²) in [5, 5.41) is 5.52. The molecule has 0 fully saturated rings. The van der Waals surface area contributed by atoms with Crippen molar-refractivity contribution in [1.29, 1.82) is 0 Å². The van der Waals surface area contributed by atoms with Crippen LogP contribution in [-0.4, -0.2) is 16.6 Å². The Labute approximate surface area is 150 Å². The monoisotopic (exact) mass is 356 g/mol. The fourth-order valence-corrected chi connectivity index (χ4v) is 3.37. The molecule has 0 aliphatic heterocycles. The number of aromatic nitrogens is 1. The number of carbonyl (C=O) groups excluding carboxylic acids is 1. The highest BCUT2D eigenvalue weighted by atomic mass is 35.5. The third-order valence-electron chi connectivity index (χ3n) is 3.70. The van der Waals surface area contributed by atoms with Crippen LogP contribution >= 0.6 is 23.4 Å². The fraction of sp³-hybridized carbons (Fsp3) is 0.158. The van der Waals surface area contributed by atoms with Crippen molar-refractivity contribution in [3.8, 4) is 0 Å². The van der Waals surface area contributed by atoms with Crippen LogP contribution in [0.15, 0.2) is 53.6 Å². The predicted molar refractivity (Wildman–Crippen MR) is 102 cm³/mol. The summed E-state index contributed by atoms with van der Waals surface area (Å²) < 4.78 is 0. The smallest absolute Gasteiger partial charge is 0.234 e. The molecular weight excluding hydrogens is 340 g/mol. The van der Waals surface area contributed by atoms with Crippen molar-refractivity contribution >= 4 is 45.9 Å². The van der Waals surface area contributed by atoms with E-state index in [1.54, 1.807) is 24.3 Å². The number of anilines is 1. The second-order valence-corrected chi connectivity index (χ2v) is 7.02. The topological polar surface area (TPSA) is 42.0 Å². The van der Waals surface area contributed by atoms with Gasteiger partial charge in [-0.3, -0.25) is 4.79 Å². The number of hydrogen-bond donors (Lipinski definition) is 1. The van der Waals surface area contributed by atoms with Gasteiger partial charge in [-0.15, -0.1) is 0 Å². The predicted octanol–water partition coefficient (Wildman–Crippen LogP) is 5.24. The molecule has 0 saturated carbocycles. The number of amides is 1. The maximum absolute atomic E-state index is 12.1. The van der Waals surface area contributed by atoms with Crippen molar-refractivity contribution in [3.05, 3.63) is 64.7 Å². The maximum Gasteiger partial charge on any atom is 0.234 e. The first-order valence-electron chi connectivity index (χ1n) is 7.58. The molecule has 0 aliphatic rings. The molecule has 0 spiro atoms. The highest BCUT2D eigenvalue weighted by Crippen LogP contribution is 2.25. The number of hydrogen-bond acceptors (Lipinski definition) is 3. The normalized spacial score (nSPS) is 10.8. The molecule has 1 heterocycles. The number of benzene rings is 2. The van der Waals surface area contributed by atoms with Crippen LogP contribution < -0.4 is 5.32 Å². The van der Waals surface area contributed by atoms with Crippen LogP contribution in [-0.2, 0) is 4.79 Å². The second kappa shape index (κ2) is 7.24. The van der Waals surface area contributed by atoms with E-state index in [2.05, 4.69) is 31.3 Å². The summed E-state index contributed by atoms with van der Waals surface area (Å²) in [5.41, 5.74) is 4.05. The lowest BCUT2D eigenvalue weighted by molar-refractivity contribution is -0.113. The molecule has 1 N–H and O–H groups in total. The molecule has 0 bridgehead atoms. The first kappa shape index (κ1) is 16.8. The van der Waals surface area contributed by atoms with Gasteiger partial charge in [-0.2, -0.15) is 0 Å². The van der Waals surface area contributed by atoms with E-state index in [0.717, 1.165) is 27.2 Å². The van der Waals surface area contributed by atoms with Crippen LogP contribution in [0.5, 0.6) is 0 Å². The molecular formula is C19H17ClN2OS. The van der Waals surface area contributed by atoms with Gasteiger partial charge in [0.25, 0.3) is 0 Å². The summed E-state index contributed by atoms with van der Waals surface area (Å²) in [6, 6.07) is 15.3.